The lowest BCUT2D eigenvalue weighted by atomic mass is 10.3. The minimum atomic E-state index is 0.0990. The summed E-state index contributed by atoms with van der Waals surface area (Å²) in [6.45, 7) is 2.85. The van der Waals surface area contributed by atoms with Crippen molar-refractivity contribution in [3.8, 4) is 0 Å². The molecule has 5 N–H and O–H groups in total. The van der Waals surface area contributed by atoms with Gasteiger partial charge in [-0.1, -0.05) is 24.9 Å². The highest BCUT2D eigenvalue weighted by molar-refractivity contribution is 6.30. The van der Waals surface area contributed by atoms with Gasteiger partial charge < -0.3 is 16.8 Å². The summed E-state index contributed by atoms with van der Waals surface area (Å²) in [4.78, 5) is 8.05. The number of nitrogens with zero attached hydrogens (tertiary/aromatic N) is 4. The highest BCUT2D eigenvalue weighted by atomic mass is 35.5. The lowest BCUT2D eigenvalue weighted by Gasteiger charge is -2.09. The van der Waals surface area contributed by atoms with Gasteiger partial charge >= 0.3 is 0 Å². The van der Waals surface area contributed by atoms with Gasteiger partial charge in [0.1, 0.15) is 0 Å². The number of benzene rings is 1. The summed E-state index contributed by atoms with van der Waals surface area (Å²) in [5, 5.41) is 12.1. The predicted octanol–water partition coefficient (Wildman–Crippen LogP) is 3.92. The molecule has 0 spiro atoms. The molecule has 0 aliphatic carbocycles. The summed E-state index contributed by atoms with van der Waals surface area (Å²) >= 11 is 5.83. The second kappa shape index (κ2) is 7.56. The molecule has 7 nitrogen and oxygen atoms in total. The van der Waals surface area contributed by atoms with Crippen LogP contribution in [-0.4, -0.2) is 16.5 Å². The topological polar surface area (TPSA) is 115 Å². The molecule has 0 saturated carbocycles. The average molecular weight is 320 g/mol. The summed E-state index contributed by atoms with van der Waals surface area (Å²) in [6.07, 6.45) is 2.06. The van der Waals surface area contributed by atoms with E-state index in [4.69, 9.17) is 23.1 Å². The van der Waals surface area contributed by atoms with E-state index in [1.807, 2.05) is 0 Å². The third-order valence-corrected chi connectivity index (χ3v) is 3.10. The number of nitrogens with two attached hydrogens (primary N) is 2. The standard InChI is InChI=1S/C14H18ClN7/c1-2-3-8-18-13-11(12(16)19-14(17)20-13)22-21-10-6-4-9(15)5-7-10/h4-7H,2-3,8H2,1H3,(H5,16,17,18,19,20). The molecule has 0 radical (unpaired) electrons. The number of azo groups is 1. The van der Waals surface area contributed by atoms with E-state index in [1.54, 1.807) is 24.3 Å². The summed E-state index contributed by atoms with van der Waals surface area (Å²) in [6, 6.07) is 6.98. The van der Waals surface area contributed by atoms with E-state index in [-0.39, 0.29) is 11.8 Å². The Morgan fingerprint density at radius 2 is 1.86 bits per heavy atom. The van der Waals surface area contributed by atoms with Crippen LogP contribution in [0.1, 0.15) is 19.8 Å². The SMILES string of the molecule is CCCCNc1nc(N)nc(N)c1N=Nc1ccc(Cl)cc1. The van der Waals surface area contributed by atoms with Gasteiger partial charge in [-0.3, -0.25) is 0 Å². The number of unbranched alkanes of at least 4 members (excludes halogenated alkanes) is 1. The fourth-order valence-corrected chi connectivity index (χ4v) is 1.84. The minimum Gasteiger partial charge on any atom is -0.382 e. The maximum absolute atomic E-state index is 5.87. The molecule has 0 aliphatic heterocycles. The number of hydrogen-bond donors (Lipinski definition) is 3. The maximum Gasteiger partial charge on any atom is 0.224 e. The van der Waals surface area contributed by atoms with Crippen molar-refractivity contribution >= 4 is 40.6 Å². The normalized spacial score (nSPS) is 11.0. The van der Waals surface area contributed by atoms with E-state index in [1.165, 1.54) is 0 Å². The molecule has 22 heavy (non-hydrogen) atoms. The summed E-state index contributed by atoms with van der Waals surface area (Å²) in [5.74, 6) is 0.766. The van der Waals surface area contributed by atoms with Gasteiger partial charge in [-0.2, -0.15) is 15.1 Å². The lowest BCUT2D eigenvalue weighted by molar-refractivity contribution is 0.830. The molecule has 1 heterocycles. The highest BCUT2D eigenvalue weighted by Gasteiger charge is 2.10. The van der Waals surface area contributed by atoms with Gasteiger partial charge in [0, 0.05) is 11.6 Å². The molecule has 2 aromatic rings. The number of hydrogen-bond acceptors (Lipinski definition) is 7. The van der Waals surface area contributed by atoms with Gasteiger partial charge in [-0.25, -0.2) is 0 Å². The number of aromatic nitrogens is 2. The van der Waals surface area contributed by atoms with Gasteiger partial charge in [0.2, 0.25) is 5.95 Å². The van der Waals surface area contributed by atoms with Gasteiger partial charge in [0.25, 0.3) is 0 Å². The van der Waals surface area contributed by atoms with Gasteiger partial charge in [-0.15, -0.1) is 5.11 Å². The Morgan fingerprint density at radius 1 is 1.14 bits per heavy atom. The first-order valence-electron chi connectivity index (χ1n) is 6.94. The largest absolute Gasteiger partial charge is 0.382 e. The minimum absolute atomic E-state index is 0.0990. The van der Waals surface area contributed by atoms with Crippen molar-refractivity contribution in [2.24, 2.45) is 10.2 Å². The Morgan fingerprint density at radius 3 is 2.55 bits per heavy atom. The van der Waals surface area contributed by atoms with Gasteiger partial charge in [-0.05, 0) is 30.7 Å². The molecule has 0 atom stereocenters. The molecule has 8 heteroatoms. The number of halogens is 1. The number of nitrogen functional groups attached to an aromatic ring is 2. The van der Waals surface area contributed by atoms with Crippen LogP contribution in [0.4, 0.5) is 29.0 Å². The Hall–Kier alpha value is -2.41. The van der Waals surface area contributed by atoms with E-state index < -0.39 is 0 Å². The first kappa shape index (κ1) is 16.0. The quantitative estimate of drug-likeness (QED) is 0.551. The lowest BCUT2D eigenvalue weighted by Crippen LogP contribution is -2.08. The molecule has 0 amide bonds. The maximum atomic E-state index is 5.87. The Balaban J connectivity index is 2.26. The van der Waals surface area contributed by atoms with E-state index in [9.17, 15) is 0 Å². The highest BCUT2D eigenvalue weighted by Crippen LogP contribution is 2.31. The Bertz CT molecular complexity index is 655. The van der Waals surface area contributed by atoms with Crippen molar-refractivity contribution in [2.75, 3.05) is 23.3 Å². The molecule has 0 saturated heterocycles. The van der Waals surface area contributed by atoms with E-state index in [0.29, 0.717) is 22.2 Å². The molecular weight excluding hydrogens is 302 g/mol. The van der Waals surface area contributed by atoms with Crippen LogP contribution in [0.15, 0.2) is 34.5 Å². The zero-order chi connectivity index (χ0) is 15.9. The van der Waals surface area contributed by atoms with Crippen LogP contribution < -0.4 is 16.8 Å². The zero-order valence-corrected chi connectivity index (χ0v) is 13.0. The van der Waals surface area contributed by atoms with Crippen molar-refractivity contribution in [2.45, 2.75) is 19.8 Å². The van der Waals surface area contributed by atoms with Crippen LogP contribution in [0.5, 0.6) is 0 Å². The van der Waals surface area contributed by atoms with Crippen LogP contribution in [-0.2, 0) is 0 Å². The summed E-state index contributed by atoms with van der Waals surface area (Å²) < 4.78 is 0. The van der Waals surface area contributed by atoms with Crippen molar-refractivity contribution in [1.82, 2.24) is 9.97 Å². The zero-order valence-electron chi connectivity index (χ0n) is 12.3. The van der Waals surface area contributed by atoms with Gasteiger partial charge in [0.15, 0.2) is 17.3 Å². The number of anilines is 3. The number of rotatable bonds is 6. The van der Waals surface area contributed by atoms with Crippen molar-refractivity contribution < 1.29 is 0 Å². The van der Waals surface area contributed by atoms with Crippen molar-refractivity contribution in [3.63, 3.8) is 0 Å². The average Bonchev–Trinajstić information content (AvgIpc) is 2.48. The molecule has 0 fully saturated rings. The van der Waals surface area contributed by atoms with Crippen LogP contribution in [0.3, 0.4) is 0 Å². The Kier molecular flexibility index (Phi) is 5.48. The molecular formula is C14H18ClN7. The summed E-state index contributed by atoms with van der Waals surface area (Å²) in [5.41, 5.74) is 12.5. The van der Waals surface area contributed by atoms with Gasteiger partial charge in [0.05, 0.1) is 5.69 Å². The van der Waals surface area contributed by atoms with Crippen LogP contribution in [0.2, 0.25) is 5.02 Å². The molecule has 1 aromatic heterocycles. The fourth-order valence-electron chi connectivity index (χ4n) is 1.71. The molecule has 2 rings (SSSR count). The van der Waals surface area contributed by atoms with E-state index in [2.05, 4.69) is 32.4 Å². The molecule has 0 bridgehead atoms. The second-order valence-corrected chi connectivity index (χ2v) is 5.06. The molecule has 1 aromatic carbocycles. The third-order valence-electron chi connectivity index (χ3n) is 2.84. The summed E-state index contributed by atoms with van der Waals surface area (Å²) in [7, 11) is 0. The fraction of sp³-hybridized carbons (Fsp3) is 0.286. The van der Waals surface area contributed by atoms with Crippen molar-refractivity contribution in [1.29, 1.82) is 0 Å². The Labute approximate surface area is 133 Å². The van der Waals surface area contributed by atoms with Crippen molar-refractivity contribution in [3.05, 3.63) is 29.3 Å². The smallest absolute Gasteiger partial charge is 0.224 e. The first-order valence-corrected chi connectivity index (χ1v) is 7.32. The second-order valence-electron chi connectivity index (χ2n) is 4.62. The number of nitrogens with one attached hydrogen (secondary N) is 1. The molecule has 0 unspecified atom stereocenters. The van der Waals surface area contributed by atoms with Crippen LogP contribution in [0, 0.1) is 0 Å². The van der Waals surface area contributed by atoms with E-state index >= 15 is 0 Å². The molecule has 116 valence electrons. The molecule has 0 aliphatic rings. The monoisotopic (exact) mass is 319 g/mol. The van der Waals surface area contributed by atoms with Crippen LogP contribution >= 0.6 is 11.6 Å². The first-order chi connectivity index (χ1) is 10.6. The predicted molar refractivity (Wildman–Crippen MR) is 89.9 cm³/mol. The van der Waals surface area contributed by atoms with E-state index in [0.717, 1.165) is 19.4 Å². The third kappa shape index (κ3) is 4.29. The van der Waals surface area contributed by atoms with Crippen LogP contribution in [0.25, 0.3) is 0 Å².